The molecule has 3 saturated heterocycles. The first kappa shape index (κ1) is 11.5. The van der Waals surface area contributed by atoms with E-state index in [1.165, 1.54) is 44.7 Å². The van der Waals surface area contributed by atoms with Gasteiger partial charge in [0.05, 0.1) is 25.7 Å². The van der Waals surface area contributed by atoms with Crippen LogP contribution in [0.3, 0.4) is 0 Å². The van der Waals surface area contributed by atoms with E-state index in [0.717, 1.165) is 10.5 Å². The minimum absolute atomic E-state index is 0.693. The topological polar surface area (TPSA) is 3.24 Å². The van der Waals surface area contributed by atoms with Crippen LogP contribution in [0.1, 0.15) is 5.56 Å². The molecule has 3 aliphatic heterocycles. The standard InChI is InChI=1S/C14H20ClN2/c15-12-17-8-6-16(7-9-17)14(11-17)10-13-4-2-1-3-5-13/h1-5,14H,6-12H2/q+1. The molecule has 1 unspecified atom stereocenters. The molecule has 92 valence electrons. The van der Waals surface area contributed by atoms with Gasteiger partial charge in [0.25, 0.3) is 0 Å². The van der Waals surface area contributed by atoms with Crippen molar-refractivity contribution in [2.45, 2.75) is 12.5 Å². The molecule has 17 heavy (non-hydrogen) atoms. The molecule has 2 nitrogen and oxygen atoms in total. The van der Waals surface area contributed by atoms with Gasteiger partial charge in [0.2, 0.25) is 0 Å². The molecule has 2 bridgehead atoms. The Bertz CT molecular complexity index is 371. The van der Waals surface area contributed by atoms with Crippen molar-refractivity contribution < 1.29 is 4.48 Å². The maximum atomic E-state index is 6.18. The highest BCUT2D eigenvalue weighted by Gasteiger charge is 2.43. The third-order valence-electron chi connectivity index (χ3n) is 4.41. The van der Waals surface area contributed by atoms with Gasteiger partial charge in [0, 0.05) is 13.1 Å². The number of nitrogens with zero attached hydrogens (tertiary/aromatic N) is 2. The fourth-order valence-corrected chi connectivity index (χ4v) is 3.60. The zero-order valence-electron chi connectivity index (χ0n) is 10.2. The summed E-state index contributed by atoms with van der Waals surface area (Å²) in [6.45, 7) is 6.18. The van der Waals surface area contributed by atoms with E-state index < -0.39 is 0 Å². The van der Waals surface area contributed by atoms with Gasteiger partial charge in [-0.05, 0) is 12.0 Å². The van der Waals surface area contributed by atoms with Gasteiger partial charge in [0.1, 0.15) is 0 Å². The summed E-state index contributed by atoms with van der Waals surface area (Å²) in [7, 11) is 0. The van der Waals surface area contributed by atoms with E-state index in [9.17, 15) is 0 Å². The smallest absolute Gasteiger partial charge is 0.155 e. The Balaban J connectivity index is 1.72. The second kappa shape index (κ2) is 4.60. The Kier molecular flexibility index (Phi) is 3.12. The maximum Gasteiger partial charge on any atom is 0.155 e. The molecule has 3 fully saturated rings. The third kappa shape index (κ3) is 2.22. The number of hydrogen-bond acceptors (Lipinski definition) is 1. The summed E-state index contributed by atoms with van der Waals surface area (Å²) in [5, 5.41) is 0. The molecule has 3 heterocycles. The van der Waals surface area contributed by atoms with Crippen LogP contribution in [0, 0.1) is 0 Å². The van der Waals surface area contributed by atoms with Crippen LogP contribution in [-0.2, 0) is 6.42 Å². The fraction of sp³-hybridized carbons (Fsp3) is 0.571. The molecule has 0 amide bonds. The third-order valence-corrected chi connectivity index (χ3v) is 4.91. The number of halogens is 1. The zero-order chi connectivity index (χ0) is 11.7. The number of fused-ring (bicyclic) bond motifs is 3. The molecule has 0 aliphatic carbocycles. The van der Waals surface area contributed by atoms with Crippen molar-refractivity contribution in [3.05, 3.63) is 35.9 Å². The van der Waals surface area contributed by atoms with Crippen LogP contribution in [0.15, 0.2) is 30.3 Å². The number of hydrogen-bond donors (Lipinski definition) is 0. The van der Waals surface area contributed by atoms with Gasteiger partial charge < -0.3 is 4.48 Å². The van der Waals surface area contributed by atoms with Crippen molar-refractivity contribution in [2.24, 2.45) is 0 Å². The molecule has 3 heteroatoms. The number of piperazine rings is 3. The van der Waals surface area contributed by atoms with E-state index >= 15 is 0 Å². The van der Waals surface area contributed by atoms with Crippen LogP contribution < -0.4 is 0 Å². The summed E-state index contributed by atoms with van der Waals surface area (Å²) in [4.78, 5) is 2.65. The van der Waals surface area contributed by atoms with E-state index in [1.807, 2.05) is 0 Å². The monoisotopic (exact) mass is 251 g/mol. The van der Waals surface area contributed by atoms with Crippen molar-refractivity contribution in [3.8, 4) is 0 Å². The van der Waals surface area contributed by atoms with E-state index in [4.69, 9.17) is 11.6 Å². The predicted molar refractivity (Wildman–Crippen MR) is 71.1 cm³/mol. The van der Waals surface area contributed by atoms with Crippen molar-refractivity contribution in [2.75, 3.05) is 38.7 Å². The lowest BCUT2D eigenvalue weighted by Gasteiger charge is -2.53. The van der Waals surface area contributed by atoms with Crippen LogP contribution in [0.5, 0.6) is 0 Å². The Morgan fingerprint density at radius 2 is 1.88 bits per heavy atom. The quantitative estimate of drug-likeness (QED) is 0.451. The molecule has 1 aromatic rings. The van der Waals surface area contributed by atoms with Crippen molar-refractivity contribution >= 4 is 11.6 Å². The molecule has 1 aromatic carbocycles. The van der Waals surface area contributed by atoms with Crippen LogP contribution >= 0.6 is 11.6 Å². The summed E-state index contributed by atoms with van der Waals surface area (Å²) < 4.78 is 1.13. The van der Waals surface area contributed by atoms with Gasteiger partial charge in [-0.1, -0.05) is 41.9 Å². The highest BCUT2D eigenvalue weighted by atomic mass is 35.5. The minimum Gasteiger partial charge on any atom is -0.308 e. The molecular weight excluding hydrogens is 232 g/mol. The lowest BCUT2D eigenvalue weighted by molar-refractivity contribution is -0.934. The van der Waals surface area contributed by atoms with E-state index in [-0.39, 0.29) is 0 Å². The van der Waals surface area contributed by atoms with Gasteiger partial charge in [0.15, 0.2) is 6.00 Å². The van der Waals surface area contributed by atoms with Crippen LogP contribution in [0.25, 0.3) is 0 Å². The lowest BCUT2D eigenvalue weighted by atomic mass is 9.98. The summed E-state index contributed by atoms with van der Waals surface area (Å²) in [6.07, 6.45) is 1.18. The first-order valence-corrected chi connectivity index (χ1v) is 7.04. The van der Waals surface area contributed by atoms with E-state index in [2.05, 4.69) is 35.2 Å². The number of benzene rings is 1. The van der Waals surface area contributed by atoms with Gasteiger partial charge in [-0.2, -0.15) is 0 Å². The first-order chi connectivity index (χ1) is 8.31. The predicted octanol–water partition coefficient (Wildman–Crippen LogP) is 1.94. The Labute approximate surface area is 108 Å². The SMILES string of the molecule is ClC[N+]12CCN(CC1)C(Cc1ccccc1)C2. The average Bonchev–Trinajstić information content (AvgIpc) is 2.41. The minimum atomic E-state index is 0.693. The van der Waals surface area contributed by atoms with Gasteiger partial charge in [-0.15, -0.1) is 0 Å². The van der Waals surface area contributed by atoms with Crippen LogP contribution in [-0.4, -0.2) is 54.2 Å². The summed E-state index contributed by atoms with van der Waals surface area (Å²) in [5.41, 5.74) is 1.46. The fourth-order valence-electron chi connectivity index (χ4n) is 3.26. The molecule has 1 atom stereocenters. The van der Waals surface area contributed by atoms with Crippen molar-refractivity contribution in [3.63, 3.8) is 0 Å². The highest BCUT2D eigenvalue weighted by molar-refractivity contribution is 6.17. The molecule has 4 rings (SSSR count). The Hall–Kier alpha value is -0.570. The molecule has 0 radical (unpaired) electrons. The molecular formula is C14H20ClN2+. The zero-order valence-corrected chi connectivity index (χ0v) is 10.9. The van der Waals surface area contributed by atoms with Crippen molar-refractivity contribution in [1.82, 2.24) is 4.90 Å². The van der Waals surface area contributed by atoms with Gasteiger partial charge in [-0.25, -0.2) is 0 Å². The first-order valence-electron chi connectivity index (χ1n) is 6.50. The molecule has 0 N–H and O–H groups in total. The van der Waals surface area contributed by atoms with E-state index in [0.29, 0.717) is 6.04 Å². The average molecular weight is 252 g/mol. The Morgan fingerprint density at radius 3 is 2.53 bits per heavy atom. The molecule has 0 saturated carbocycles. The number of quaternary nitrogens is 1. The van der Waals surface area contributed by atoms with Gasteiger partial charge in [-0.3, -0.25) is 4.90 Å². The largest absolute Gasteiger partial charge is 0.308 e. The van der Waals surface area contributed by atoms with Gasteiger partial charge >= 0.3 is 0 Å². The maximum absolute atomic E-state index is 6.18. The summed E-state index contributed by atoms with van der Waals surface area (Å²) in [6, 6.07) is 12.3. The van der Waals surface area contributed by atoms with Crippen LogP contribution in [0.4, 0.5) is 0 Å². The summed E-state index contributed by atoms with van der Waals surface area (Å²) >= 11 is 6.18. The van der Waals surface area contributed by atoms with E-state index in [1.54, 1.807) is 0 Å². The van der Waals surface area contributed by atoms with Crippen molar-refractivity contribution in [1.29, 1.82) is 0 Å². The number of rotatable bonds is 3. The number of alkyl halides is 1. The molecule has 3 aliphatic rings. The highest BCUT2D eigenvalue weighted by Crippen LogP contribution is 2.26. The van der Waals surface area contributed by atoms with Crippen LogP contribution in [0.2, 0.25) is 0 Å². The lowest BCUT2D eigenvalue weighted by Crippen LogP contribution is -2.70. The second-order valence-electron chi connectivity index (χ2n) is 5.47. The molecule has 0 spiro atoms. The summed E-state index contributed by atoms with van der Waals surface area (Å²) in [5.74, 6) is 0. The Morgan fingerprint density at radius 1 is 1.18 bits per heavy atom. The molecule has 0 aromatic heterocycles. The normalized spacial score (nSPS) is 36.1. The second-order valence-corrected chi connectivity index (χ2v) is 5.71.